The van der Waals surface area contributed by atoms with Gasteiger partial charge in [-0.3, -0.25) is 4.90 Å². The molecule has 2 rings (SSSR count). The van der Waals surface area contributed by atoms with Crippen LogP contribution in [0.5, 0.6) is 0 Å². The van der Waals surface area contributed by atoms with Gasteiger partial charge in [-0.15, -0.1) is 0 Å². The molecular formula is C13H24BrNO. The van der Waals surface area contributed by atoms with Gasteiger partial charge in [0.1, 0.15) is 0 Å². The molecule has 16 heavy (non-hydrogen) atoms. The predicted octanol–water partition coefficient (Wildman–Crippen LogP) is 3.05. The Balaban J connectivity index is 1.92. The number of hydrogen-bond donors (Lipinski definition) is 0. The minimum Gasteiger partial charge on any atom is -0.373 e. The first-order chi connectivity index (χ1) is 7.63. The first-order valence-corrected chi connectivity index (χ1v) is 7.69. The summed E-state index contributed by atoms with van der Waals surface area (Å²) in [6.07, 6.45) is 6.44. The fourth-order valence-electron chi connectivity index (χ4n) is 3.35. The molecular weight excluding hydrogens is 266 g/mol. The topological polar surface area (TPSA) is 12.5 Å². The lowest BCUT2D eigenvalue weighted by Gasteiger charge is -2.40. The zero-order chi connectivity index (χ0) is 11.6. The summed E-state index contributed by atoms with van der Waals surface area (Å²) in [5.74, 6) is 0. The molecule has 1 aliphatic carbocycles. The Kier molecular flexibility index (Phi) is 4.31. The van der Waals surface area contributed by atoms with Crippen LogP contribution in [0.1, 0.15) is 39.5 Å². The number of rotatable bonds is 3. The van der Waals surface area contributed by atoms with Crippen LogP contribution >= 0.6 is 15.9 Å². The van der Waals surface area contributed by atoms with E-state index in [9.17, 15) is 0 Å². The highest BCUT2D eigenvalue weighted by Crippen LogP contribution is 2.40. The van der Waals surface area contributed by atoms with Crippen molar-refractivity contribution < 1.29 is 4.74 Å². The highest BCUT2D eigenvalue weighted by molar-refractivity contribution is 9.09. The van der Waals surface area contributed by atoms with Gasteiger partial charge in [-0.2, -0.15) is 0 Å². The molecule has 1 saturated heterocycles. The van der Waals surface area contributed by atoms with Gasteiger partial charge in [0.25, 0.3) is 0 Å². The van der Waals surface area contributed by atoms with E-state index in [-0.39, 0.29) is 0 Å². The molecule has 2 unspecified atom stereocenters. The molecule has 0 spiro atoms. The summed E-state index contributed by atoms with van der Waals surface area (Å²) in [6.45, 7) is 7.87. The average molecular weight is 290 g/mol. The molecule has 0 aromatic rings. The van der Waals surface area contributed by atoms with Crippen LogP contribution in [-0.4, -0.2) is 42.1 Å². The zero-order valence-electron chi connectivity index (χ0n) is 10.5. The van der Waals surface area contributed by atoms with E-state index < -0.39 is 0 Å². The van der Waals surface area contributed by atoms with Gasteiger partial charge in [0.15, 0.2) is 0 Å². The van der Waals surface area contributed by atoms with E-state index in [1.54, 1.807) is 0 Å². The number of ether oxygens (including phenoxy) is 1. The van der Waals surface area contributed by atoms with Crippen LogP contribution in [0.2, 0.25) is 0 Å². The minimum atomic E-state index is 0.400. The molecule has 0 amide bonds. The van der Waals surface area contributed by atoms with Crippen molar-refractivity contribution in [2.45, 2.75) is 51.7 Å². The molecule has 1 heterocycles. The third-order valence-corrected chi connectivity index (χ3v) is 5.19. The summed E-state index contributed by atoms with van der Waals surface area (Å²) in [5.41, 5.74) is 0.552. The molecule has 1 saturated carbocycles. The second-order valence-corrected chi connectivity index (χ2v) is 6.35. The normalized spacial score (nSPS) is 35.4. The SMILES string of the molecule is CC1CN(CC2(CBr)CCCC2)CC(C)O1. The Hall–Kier alpha value is 0.400. The Morgan fingerprint density at radius 2 is 1.75 bits per heavy atom. The molecule has 3 heteroatoms. The van der Waals surface area contributed by atoms with Gasteiger partial charge in [-0.25, -0.2) is 0 Å². The Morgan fingerprint density at radius 3 is 2.25 bits per heavy atom. The molecule has 0 aromatic carbocycles. The largest absolute Gasteiger partial charge is 0.373 e. The summed E-state index contributed by atoms with van der Waals surface area (Å²) in [4.78, 5) is 2.62. The average Bonchev–Trinajstić information content (AvgIpc) is 2.65. The first-order valence-electron chi connectivity index (χ1n) is 6.57. The summed E-state index contributed by atoms with van der Waals surface area (Å²) in [7, 11) is 0. The smallest absolute Gasteiger partial charge is 0.0678 e. The van der Waals surface area contributed by atoms with Crippen molar-refractivity contribution in [3.63, 3.8) is 0 Å². The maximum absolute atomic E-state index is 5.79. The lowest BCUT2D eigenvalue weighted by atomic mass is 9.88. The van der Waals surface area contributed by atoms with Crippen molar-refractivity contribution in [2.24, 2.45) is 5.41 Å². The Labute approximate surface area is 108 Å². The van der Waals surface area contributed by atoms with Crippen molar-refractivity contribution in [3.8, 4) is 0 Å². The van der Waals surface area contributed by atoms with Crippen molar-refractivity contribution in [3.05, 3.63) is 0 Å². The number of halogens is 1. The van der Waals surface area contributed by atoms with E-state index in [0.717, 1.165) is 13.1 Å². The monoisotopic (exact) mass is 289 g/mol. The second-order valence-electron chi connectivity index (χ2n) is 5.79. The fourth-order valence-corrected chi connectivity index (χ4v) is 4.08. The van der Waals surface area contributed by atoms with Gasteiger partial charge in [0.2, 0.25) is 0 Å². The van der Waals surface area contributed by atoms with Gasteiger partial charge in [-0.05, 0) is 32.1 Å². The van der Waals surface area contributed by atoms with Crippen LogP contribution in [0.4, 0.5) is 0 Å². The molecule has 94 valence electrons. The highest BCUT2D eigenvalue weighted by Gasteiger charge is 2.36. The second kappa shape index (κ2) is 5.36. The molecule has 0 radical (unpaired) electrons. The Morgan fingerprint density at radius 1 is 1.19 bits per heavy atom. The number of nitrogens with zero attached hydrogens (tertiary/aromatic N) is 1. The third kappa shape index (κ3) is 2.99. The third-order valence-electron chi connectivity index (χ3n) is 4.00. The maximum Gasteiger partial charge on any atom is 0.0678 e. The molecule has 0 bridgehead atoms. The van der Waals surface area contributed by atoms with Crippen LogP contribution in [0.15, 0.2) is 0 Å². The number of alkyl halides is 1. The van der Waals surface area contributed by atoms with Crippen molar-refractivity contribution in [1.82, 2.24) is 4.90 Å². The number of hydrogen-bond acceptors (Lipinski definition) is 2. The zero-order valence-corrected chi connectivity index (χ0v) is 12.1. The fraction of sp³-hybridized carbons (Fsp3) is 1.00. The summed E-state index contributed by atoms with van der Waals surface area (Å²) in [6, 6.07) is 0. The molecule has 2 nitrogen and oxygen atoms in total. The molecule has 2 fully saturated rings. The minimum absolute atomic E-state index is 0.400. The predicted molar refractivity (Wildman–Crippen MR) is 71.1 cm³/mol. The van der Waals surface area contributed by atoms with Gasteiger partial charge in [0.05, 0.1) is 12.2 Å². The van der Waals surface area contributed by atoms with Gasteiger partial charge >= 0.3 is 0 Å². The quantitative estimate of drug-likeness (QED) is 0.741. The molecule has 2 atom stereocenters. The lowest BCUT2D eigenvalue weighted by Crippen LogP contribution is -2.49. The van der Waals surface area contributed by atoms with Gasteiger partial charge in [-0.1, -0.05) is 28.8 Å². The number of morpholine rings is 1. The van der Waals surface area contributed by atoms with Gasteiger partial charge in [0, 0.05) is 25.0 Å². The molecule has 0 N–H and O–H groups in total. The standard InChI is InChI=1S/C13H24BrNO/c1-11-7-15(8-12(2)16-11)10-13(9-14)5-3-4-6-13/h11-12H,3-10H2,1-2H3. The van der Waals surface area contributed by atoms with Crippen LogP contribution in [0.3, 0.4) is 0 Å². The first kappa shape index (κ1) is 12.8. The van der Waals surface area contributed by atoms with E-state index in [1.807, 2.05) is 0 Å². The van der Waals surface area contributed by atoms with E-state index in [4.69, 9.17) is 4.74 Å². The van der Waals surface area contributed by atoms with Gasteiger partial charge < -0.3 is 4.74 Å². The van der Waals surface area contributed by atoms with Crippen LogP contribution in [0, 0.1) is 5.41 Å². The van der Waals surface area contributed by atoms with Crippen LogP contribution in [-0.2, 0) is 4.74 Å². The van der Waals surface area contributed by atoms with E-state index in [1.165, 1.54) is 37.6 Å². The molecule has 1 aliphatic heterocycles. The highest BCUT2D eigenvalue weighted by atomic mass is 79.9. The van der Waals surface area contributed by atoms with Crippen molar-refractivity contribution in [1.29, 1.82) is 0 Å². The van der Waals surface area contributed by atoms with E-state index in [0.29, 0.717) is 17.6 Å². The lowest BCUT2D eigenvalue weighted by molar-refractivity contribution is -0.0759. The Bertz CT molecular complexity index is 218. The van der Waals surface area contributed by atoms with E-state index >= 15 is 0 Å². The van der Waals surface area contributed by atoms with Crippen LogP contribution in [0.25, 0.3) is 0 Å². The van der Waals surface area contributed by atoms with Crippen molar-refractivity contribution in [2.75, 3.05) is 25.0 Å². The molecule has 0 aromatic heterocycles. The summed E-state index contributed by atoms with van der Waals surface area (Å²) in [5, 5.41) is 1.17. The maximum atomic E-state index is 5.79. The van der Waals surface area contributed by atoms with Crippen molar-refractivity contribution >= 4 is 15.9 Å². The summed E-state index contributed by atoms with van der Waals surface area (Å²) >= 11 is 3.73. The van der Waals surface area contributed by atoms with E-state index in [2.05, 4.69) is 34.7 Å². The summed E-state index contributed by atoms with van der Waals surface area (Å²) < 4.78 is 5.79. The molecule has 2 aliphatic rings. The van der Waals surface area contributed by atoms with Crippen LogP contribution < -0.4 is 0 Å².